The zero-order valence-electron chi connectivity index (χ0n) is 11.3. The van der Waals surface area contributed by atoms with Crippen molar-refractivity contribution in [1.29, 1.82) is 5.26 Å². The van der Waals surface area contributed by atoms with Gasteiger partial charge in [0.15, 0.2) is 0 Å². The van der Waals surface area contributed by atoms with Crippen LogP contribution in [0.1, 0.15) is 17.5 Å². The molecule has 0 N–H and O–H groups in total. The smallest absolute Gasteiger partial charge is 0.224 e. The van der Waals surface area contributed by atoms with Gasteiger partial charge < -0.3 is 9.64 Å². The molecular weight excluding hydrogens is 240 g/mol. The first-order valence-electron chi connectivity index (χ1n) is 6.47. The molecule has 1 aliphatic heterocycles. The molecule has 0 aliphatic carbocycles. The maximum atomic E-state index is 11.6. The molecule has 0 radical (unpaired) electrons. The van der Waals surface area contributed by atoms with Gasteiger partial charge >= 0.3 is 0 Å². The number of hydrogen-bond donors (Lipinski definition) is 0. The van der Waals surface area contributed by atoms with Crippen LogP contribution in [0, 0.1) is 31.1 Å². The highest BCUT2D eigenvalue weighted by atomic mass is 16.5. The van der Waals surface area contributed by atoms with Gasteiger partial charge in [0.25, 0.3) is 0 Å². The lowest BCUT2D eigenvalue weighted by Gasteiger charge is -2.16. The van der Waals surface area contributed by atoms with Crippen LogP contribution in [0.4, 0.5) is 0 Å². The summed E-state index contributed by atoms with van der Waals surface area (Å²) in [5, 5.41) is 8.81. The van der Waals surface area contributed by atoms with Crippen LogP contribution >= 0.6 is 0 Å². The summed E-state index contributed by atoms with van der Waals surface area (Å²) in [5.41, 5.74) is 2.33. The van der Waals surface area contributed by atoms with E-state index in [1.165, 1.54) is 0 Å². The van der Waals surface area contributed by atoms with Crippen LogP contribution in [-0.4, -0.2) is 30.5 Å². The second-order valence-electron chi connectivity index (χ2n) is 5.04. The van der Waals surface area contributed by atoms with Crippen LogP contribution < -0.4 is 4.74 Å². The lowest BCUT2D eigenvalue weighted by molar-refractivity contribution is -0.128. The topological polar surface area (TPSA) is 53.3 Å². The molecule has 1 amide bonds. The van der Waals surface area contributed by atoms with E-state index < -0.39 is 0 Å². The Bertz CT molecular complexity index is 499. The van der Waals surface area contributed by atoms with Crippen LogP contribution in [0.2, 0.25) is 0 Å². The Hall–Kier alpha value is -2.02. The van der Waals surface area contributed by atoms with Gasteiger partial charge in [-0.1, -0.05) is 6.07 Å². The first-order valence-corrected chi connectivity index (χ1v) is 6.47. The largest absolute Gasteiger partial charge is 0.492 e. The molecule has 0 bridgehead atoms. The van der Waals surface area contributed by atoms with Crippen molar-refractivity contribution in [3.63, 3.8) is 0 Å². The van der Waals surface area contributed by atoms with E-state index in [0.717, 1.165) is 16.9 Å². The van der Waals surface area contributed by atoms with Gasteiger partial charge in [0.1, 0.15) is 12.4 Å². The Kier molecular flexibility index (Phi) is 4.06. The quantitative estimate of drug-likeness (QED) is 0.830. The Morgan fingerprint density at radius 3 is 2.63 bits per heavy atom. The summed E-state index contributed by atoms with van der Waals surface area (Å²) < 4.78 is 5.67. The molecule has 100 valence electrons. The number of likely N-dealkylation sites (tertiary alicyclic amines) is 1. The van der Waals surface area contributed by atoms with Gasteiger partial charge in [0, 0.05) is 13.0 Å². The SMILES string of the molecule is Cc1cc(C)cc(OCCN2CC(C#N)CC2=O)c1. The lowest BCUT2D eigenvalue weighted by atomic mass is 10.1. The van der Waals surface area contributed by atoms with E-state index in [9.17, 15) is 4.79 Å². The second kappa shape index (κ2) is 5.75. The summed E-state index contributed by atoms with van der Waals surface area (Å²) in [4.78, 5) is 13.3. The Labute approximate surface area is 113 Å². The summed E-state index contributed by atoms with van der Waals surface area (Å²) in [6.07, 6.45) is 0.347. The molecular formula is C15H18N2O2. The van der Waals surface area contributed by atoms with E-state index in [2.05, 4.69) is 12.1 Å². The van der Waals surface area contributed by atoms with Gasteiger partial charge in [-0.15, -0.1) is 0 Å². The Morgan fingerprint density at radius 2 is 2.05 bits per heavy atom. The maximum Gasteiger partial charge on any atom is 0.224 e. The number of aryl methyl sites for hydroxylation is 2. The van der Waals surface area contributed by atoms with Crippen molar-refractivity contribution in [2.24, 2.45) is 5.92 Å². The highest BCUT2D eigenvalue weighted by Gasteiger charge is 2.28. The van der Waals surface area contributed by atoms with Crippen molar-refractivity contribution in [1.82, 2.24) is 4.90 Å². The average Bonchev–Trinajstić information content (AvgIpc) is 2.69. The zero-order chi connectivity index (χ0) is 13.8. The van der Waals surface area contributed by atoms with Crippen LogP contribution in [0.25, 0.3) is 0 Å². The third-order valence-corrected chi connectivity index (χ3v) is 3.22. The van der Waals surface area contributed by atoms with Gasteiger partial charge in [0.05, 0.1) is 18.5 Å². The normalized spacial score (nSPS) is 18.5. The summed E-state index contributed by atoms with van der Waals surface area (Å²) in [7, 11) is 0. The molecule has 1 unspecified atom stereocenters. The molecule has 0 aromatic heterocycles. The molecule has 4 heteroatoms. The highest BCUT2D eigenvalue weighted by Crippen LogP contribution is 2.18. The number of ether oxygens (including phenoxy) is 1. The van der Waals surface area contributed by atoms with E-state index >= 15 is 0 Å². The standard InChI is InChI=1S/C15H18N2O2/c1-11-5-12(2)7-14(6-11)19-4-3-17-10-13(9-16)8-15(17)18/h5-7,13H,3-4,8,10H2,1-2H3. The molecule has 1 aromatic rings. The average molecular weight is 258 g/mol. The Morgan fingerprint density at radius 1 is 1.37 bits per heavy atom. The van der Waals surface area contributed by atoms with Gasteiger partial charge in [-0.2, -0.15) is 5.26 Å². The predicted molar refractivity (Wildman–Crippen MR) is 71.7 cm³/mol. The first kappa shape index (κ1) is 13.4. The summed E-state index contributed by atoms with van der Waals surface area (Å²) in [5.74, 6) is 0.727. The van der Waals surface area contributed by atoms with E-state index in [1.54, 1.807) is 4.90 Å². The fraction of sp³-hybridized carbons (Fsp3) is 0.467. The molecule has 1 heterocycles. The molecule has 0 saturated carbocycles. The van der Waals surface area contributed by atoms with Crippen LogP contribution in [-0.2, 0) is 4.79 Å². The second-order valence-corrected chi connectivity index (χ2v) is 5.04. The summed E-state index contributed by atoms with van der Waals surface area (Å²) >= 11 is 0. The third-order valence-electron chi connectivity index (χ3n) is 3.22. The van der Waals surface area contributed by atoms with Crippen molar-refractivity contribution < 1.29 is 9.53 Å². The molecule has 19 heavy (non-hydrogen) atoms. The minimum atomic E-state index is -0.159. The van der Waals surface area contributed by atoms with E-state index in [4.69, 9.17) is 10.00 Å². The number of rotatable bonds is 4. The molecule has 0 spiro atoms. The monoisotopic (exact) mass is 258 g/mol. The van der Waals surface area contributed by atoms with E-state index in [-0.39, 0.29) is 11.8 Å². The van der Waals surface area contributed by atoms with Gasteiger partial charge in [-0.05, 0) is 37.1 Å². The van der Waals surface area contributed by atoms with Gasteiger partial charge in [-0.25, -0.2) is 0 Å². The van der Waals surface area contributed by atoms with E-state index in [0.29, 0.717) is 26.1 Å². The van der Waals surface area contributed by atoms with Crippen LogP contribution in [0.5, 0.6) is 5.75 Å². The van der Waals surface area contributed by atoms with Gasteiger partial charge in [-0.3, -0.25) is 4.79 Å². The molecule has 2 rings (SSSR count). The number of benzene rings is 1. The van der Waals surface area contributed by atoms with Crippen molar-refractivity contribution >= 4 is 5.91 Å². The molecule has 1 saturated heterocycles. The van der Waals surface area contributed by atoms with Gasteiger partial charge in [0.2, 0.25) is 5.91 Å². The predicted octanol–water partition coefficient (Wildman–Crippen LogP) is 2.05. The van der Waals surface area contributed by atoms with Crippen LogP contribution in [0.15, 0.2) is 18.2 Å². The fourth-order valence-corrected chi connectivity index (χ4v) is 2.36. The van der Waals surface area contributed by atoms with Crippen molar-refractivity contribution in [2.45, 2.75) is 20.3 Å². The highest BCUT2D eigenvalue weighted by molar-refractivity contribution is 5.79. The number of carbonyl (C=O) groups excluding carboxylic acids is 1. The van der Waals surface area contributed by atoms with Crippen LogP contribution in [0.3, 0.4) is 0 Å². The molecule has 1 atom stereocenters. The van der Waals surface area contributed by atoms with Crippen molar-refractivity contribution in [3.8, 4) is 11.8 Å². The molecule has 1 aliphatic rings. The lowest BCUT2D eigenvalue weighted by Crippen LogP contribution is -2.29. The number of nitriles is 1. The first-order chi connectivity index (χ1) is 9.08. The Balaban J connectivity index is 1.84. The number of hydrogen-bond acceptors (Lipinski definition) is 3. The van der Waals surface area contributed by atoms with Crippen molar-refractivity contribution in [2.75, 3.05) is 19.7 Å². The maximum absolute atomic E-state index is 11.6. The third kappa shape index (κ3) is 3.47. The minimum absolute atomic E-state index is 0.0515. The van der Waals surface area contributed by atoms with E-state index in [1.807, 2.05) is 26.0 Å². The minimum Gasteiger partial charge on any atom is -0.492 e. The fourth-order valence-electron chi connectivity index (χ4n) is 2.36. The number of nitrogens with zero attached hydrogens (tertiary/aromatic N) is 2. The zero-order valence-corrected chi connectivity index (χ0v) is 11.3. The number of carbonyl (C=O) groups is 1. The number of amides is 1. The van der Waals surface area contributed by atoms with Crippen molar-refractivity contribution in [3.05, 3.63) is 29.3 Å². The molecule has 1 fully saturated rings. The molecule has 4 nitrogen and oxygen atoms in total. The molecule has 1 aromatic carbocycles. The summed E-state index contributed by atoms with van der Waals surface area (Å²) in [6.45, 7) is 5.60. The summed E-state index contributed by atoms with van der Waals surface area (Å²) in [6, 6.07) is 8.20.